The van der Waals surface area contributed by atoms with Gasteiger partial charge in [0.2, 0.25) is 5.91 Å². The molecular weight excluding hydrogens is 500 g/mol. The van der Waals surface area contributed by atoms with Crippen LogP contribution >= 0.6 is 23.1 Å². The molecule has 0 atom stereocenters. The smallest absolute Gasteiger partial charge is 0.348 e. The van der Waals surface area contributed by atoms with E-state index in [9.17, 15) is 14.4 Å². The van der Waals surface area contributed by atoms with Crippen LogP contribution in [0.5, 0.6) is 0 Å². The summed E-state index contributed by atoms with van der Waals surface area (Å²) in [6, 6.07) is 8.17. The van der Waals surface area contributed by atoms with Gasteiger partial charge in [0.25, 0.3) is 0 Å². The minimum absolute atomic E-state index is 0.0339. The fourth-order valence-electron chi connectivity index (χ4n) is 3.44. The molecule has 0 spiro atoms. The minimum atomic E-state index is -0.605. The maximum Gasteiger partial charge on any atom is 0.348 e. The van der Waals surface area contributed by atoms with Crippen molar-refractivity contribution in [1.82, 2.24) is 14.8 Å². The lowest BCUT2D eigenvalue weighted by Crippen LogP contribution is -2.16. The monoisotopic (exact) mass is 530 g/mol. The van der Waals surface area contributed by atoms with Gasteiger partial charge in [-0.2, -0.15) is 0 Å². The lowest BCUT2D eigenvalue weighted by atomic mass is 10.0. The molecule has 11 heteroatoms. The number of amides is 1. The Balaban J connectivity index is 1.73. The van der Waals surface area contributed by atoms with Crippen molar-refractivity contribution in [3.05, 3.63) is 45.8 Å². The van der Waals surface area contributed by atoms with E-state index in [0.717, 1.165) is 16.9 Å². The zero-order chi connectivity index (χ0) is 26.4. The summed E-state index contributed by atoms with van der Waals surface area (Å²) in [6.07, 6.45) is 0. The summed E-state index contributed by atoms with van der Waals surface area (Å²) < 4.78 is 12.0. The molecule has 36 heavy (non-hydrogen) atoms. The Hall–Kier alpha value is -3.18. The van der Waals surface area contributed by atoms with Gasteiger partial charge in [-0.25, -0.2) is 9.59 Å². The Morgan fingerprint density at radius 1 is 1.06 bits per heavy atom. The fourth-order valence-corrected chi connectivity index (χ4v) is 5.26. The molecule has 0 bridgehead atoms. The van der Waals surface area contributed by atoms with Crippen LogP contribution in [-0.2, 0) is 21.3 Å². The standard InChI is InChI=1S/C25H30N4O5S2/c1-7-33-23(31)19-15(5)20(24(32)34-8-2)36-22(19)26-18(30)13-35-25-28-27-21(29(25)6)17-11-9-16(10-12-17)14(3)4/h9-12,14H,7-8,13H2,1-6H3,(H,26,30). The van der Waals surface area contributed by atoms with E-state index in [1.165, 1.54) is 17.3 Å². The molecule has 192 valence electrons. The molecule has 1 amide bonds. The number of carbonyl (C=O) groups excluding carboxylic acids is 3. The third kappa shape index (κ3) is 6.14. The first-order valence-electron chi connectivity index (χ1n) is 11.6. The first-order valence-corrected chi connectivity index (χ1v) is 13.4. The summed E-state index contributed by atoms with van der Waals surface area (Å²) in [5, 5.41) is 12.1. The zero-order valence-corrected chi connectivity index (χ0v) is 22.8. The van der Waals surface area contributed by atoms with E-state index in [2.05, 4.69) is 41.5 Å². The number of hydrogen-bond acceptors (Lipinski definition) is 9. The van der Waals surface area contributed by atoms with Gasteiger partial charge in [0.05, 0.1) is 24.5 Å². The maximum atomic E-state index is 12.8. The van der Waals surface area contributed by atoms with Crippen LogP contribution in [0.15, 0.2) is 29.4 Å². The maximum absolute atomic E-state index is 12.8. The average molecular weight is 531 g/mol. The van der Waals surface area contributed by atoms with Crippen molar-refractivity contribution in [2.45, 2.75) is 45.7 Å². The Kier molecular flexibility index (Phi) is 9.27. The number of thioether (sulfide) groups is 1. The van der Waals surface area contributed by atoms with Crippen LogP contribution in [0.3, 0.4) is 0 Å². The second-order valence-electron chi connectivity index (χ2n) is 8.18. The number of carbonyl (C=O) groups is 3. The van der Waals surface area contributed by atoms with Gasteiger partial charge in [-0.3, -0.25) is 4.79 Å². The van der Waals surface area contributed by atoms with Gasteiger partial charge in [0.1, 0.15) is 9.88 Å². The van der Waals surface area contributed by atoms with Gasteiger partial charge in [-0.05, 0) is 37.8 Å². The van der Waals surface area contributed by atoms with Gasteiger partial charge in [-0.1, -0.05) is 49.9 Å². The third-order valence-electron chi connectivity index (χ3n) is 5.34. The number of ether oxygens (including phenoxy) is 2. The molecule has 0 unspecified atom stereocenters. The molecule has 9 nitrogen and oxygen atoms in total. The SMILES string of the molecule is CCOC(=O)c1sc(NC(=O)CSc2nnc(-c3ccc(C(C)C)cc3)n2C)c(C(=O)OCC)c1C. The summed E-state index contributed by atoms with van der Waals surface area (Å²) in [5.74, 6) is -0.335. The highest BCUT2D eigenvalue weighted by Crippen LogP contribution is 2.34. The number of aromatic nitrogens is 3. The van der Waals surface area contributed by atoms with Crippen molar-refractivity contribution in [3.63, 3.8) is 0 Å². The molecular formula is C25H30N4O5S2. The Morgan fingerprint density at radius 3 is 2.31 bits per heavy atom. The van der Waals surface area contributed by atoms with Crippen molar-refractivity contribution < 1.29 is 23.9 Å². The second kappa shape index (κ2) is 12.2. The quantitative estimate of drug-likeness (QED) is 0.286. The third-order valence-corrected chi connectivity index (χ3v) is 7.55. The Morgan fingerprint density at radius 2 is 1.69 bits per heavy atom. The number of thiophene rings is 1. The number of benzene rings is 1. The molecule has 2 heterocycles. The topological polar surface area (TPSA) is 112 Å². The second-order valence-corrected chi connectivity index (χ2v) is 10.1. The van der Waals surface area contributed by atoms with Crippen molar-refractivity contribution >= 4 is 45.9 Å². The molecule has 1 aromatic carbocycles. The van der Waals surface area contributed by atoms with E-state index in [-0.39, 0.29) is 40.3 Å². The van der Waals surface area contributed by atoms with Crippen molar-refractivity contribution in [2.24, 2.45) is 7.05 Å². The molecule has 3 rings (SSSR count). The molecule has 1 N–H and O–H groups in total. The molecule has 0 aliphatic heterocycles. The largest absolute Gasteiger partial charge is 0.462 e. The van der Waals surface area contributed by atoms with Gasteiger partial charge in [0.15, 0.2) is 11.0 Å². The van der Waals surface area contributed by atoms with Crippen LogP contribution in [-0.4, -0.2) is 51.6 Å². The Labute approximate surface area is 218 Å². The Bertz CT molecular complexity index is 1250. The summed E-state index contributed by atoms with van der Waals surface area (Å²) in [6.45, 7) is 9.67. The highest BCUT2D eigenvalue weighted by Gasteiger charge is 2.27. The zero-order valence-electron chi connectivity index (χ0n) is 21.2. The first kappa shape index (κ1) is 27.4. The first-order chi connectivity index (χ1) is 17.2. The van der Waals surface area contributed by atoms with E-state index in [1.54, 1.807) is 20.8 Å². The fraction of sp³-hybridized carbons (Fsp3) is 0.400. The normalized spacial score (nSPS) is 11.0. The van der Waals surface area contributed by atoms with Crippen LogP contribution < -0.4 is 5.32 Å². The van der Waals surface area contributed by atoms with Crippen LogP contribution in [0, 0.1) is 6.92 Å². The summed E-state index contributed by atoms with van der Waals surface area (Å²) >= 11 is 2.22. The van der Waals surface area contributed by atoms with Gasteiger partial charge in [-0.15, -0.1) is 21.5 Å². The van der Waals surface area contributed by atoms with Crippen molar-refractivity contribution in [2.75, 3.05) is 24.3 Å². The highest BCUT2D eigenvalue weighted by molar-refractivity contribution is 7.99. The predicted molar refractivity (Wildman–Crippen MR) is 141 cm³/mol. The van der Waals surface area contributed by atoms with Crippen LogP contribution in [0.2, 0.25) is 0 Å². The molecule has 0 fully saturated rings. The number of nitrogens with zero attached hydrogens (tertiary/aromatic N) is 3. The highest BCUT2D eigenvalue weighted by atomic mass is 32.2. The number of hydrogen-bond donors (Lipinski definition) is 1. The van der Waals surface area contributed by atoms with Crippen LogP contribution in [0.25, 0.3) is 11.4 Å². The van der Waals surface area contributed by atoms with Crippen molar-refractivity contribution in [3.8, 4) is 11.4 Å². The average Bonchev–Trinajstić information content (AvgIpc) is 3.37. The van der Waals surface area contributed by atoms with Crippen molar-refractivity contribution in [1.29, 1.82) is 0 Å². The van der Waals surface area contributed by atoms with E-state index in [0.29, 0.717) is 22.5 Å². The lowest BCUT2D eigenvalue weighted by molar-refractivity contribution is -0.113. The van der Waals surface area contributed by atoms with Gasteiger partial charge < -0.3 is 19.4 Å². The molecule has 0 saturated carbocycles. The van der Waals surface area contributed by atoms with E-state index in [1.807, 2.05) is 23.7 Å². The molecule has 3 aromatic rings. The summed E-state index contributed by atoms with van der Waals surface area (Å²) in [4.78, 5) is 37.9. The molecule has 0 radical (unpaired) electrons. The van der Waals surface area contributed by atoms with E-state index >= 15 is 0 Å². The number of nitrogens with one attached hydrogen (secondary N) is 1. The number of rotatable bonds is 10. The van der Waals surface area contributed by atoms with E-state index < -0.39 is 11.9 Å². The van der Waals surface area contributed by atoms with Crippen LogP contribution in [0.1, 0.15) is 64.8 Å². The van der Waals surface area contributed by atoms with E-state index in [4.69, 9.17) is 9.47 Å². The lowest BCUT2D eigenvalue weighted by Gasteiger charge is -2.08. The number of anilines is 1. The summed E-state index contributed by atoms with van der Waals surface area (Å²) in [7, 11) is 1.85. The van der Waals surface area contributed by atoms with Crippen LogP contribution in [0.4, 0.5) is 5.00 Å². The molecule has 0 aliphatic rings. The molecule has 0 saturated heterocycles. The minimum Gasteiger partial charge on any atom is -0.462 e. The number of esters is 2. The molecule has 2 aromatic heterocycles. The molecule has 0 aliphatic carbocycles. The van der Waals surface area contributed by atoms with Gasteiger partial charge >= 0.3 is 11.9 Å². The van der Waals surface area contributed by atoms with Gasteiger partial charge in [0, 0.05) is 12.6 Å². The summed E-state index contributed by atoms with van der Waals surface area (Å²) in [5.41, 5.74) is 2.75. The predicted octanol–water partition coefficient (Wildman–Crippen LogP) is 5.06.